The lowest BCUT2D eigenvalue weighted by molar-refractivity contribution is 0.418. The average molecular weight is 425 g/mol. The Bertz CT molecular complexity index is 1770. The lowest BCUT2D eigenvalue weighted by Gasteiger charge is -2.23. The zero-order chi connectivity index (χ0) is 22.3. The molecule has 0 spiro atoms. The average Bonchev–Trinajstić information content (AvgIpc) is 3.09. The van der Waals surface area contributed by atoms with Gasteiger partial charge < -0.3 is 4.74 Å². The van der Waals surface area contributed by atoms with Crippen molar-refractivity contribution in [2.75, 3.05) is 7.11 Å². The molecule has 6 aromatic carbocycles. The van der Waals surface area contributed by atoms with Crippen LogP contribution in [0, 0.1) is 0 Å². The molecule has 0 saturated carbocycles. The highest BCUT2D eigenvalue weighted by atomic mass is 16.5. The highest BCUT2D eigenvalue weighted by Gasteiger charge is 2.38. The maximum absolute atomic E-state index is 5.84. The molecule has 1 aliphatic carbocycles. The van der Waals surface area contributed by atoms with Gasteiger partial charge in [0.15, 0.2) is 0 Å². The number of methoxy groups -OCH3 is 1. The summed E-state index contributed by atoms with van der Waals surface area (Å²) in [7, 11) is 1.77. The summed E-state index contributed by atoms with van der Waals surface area (Å²) >= 11 is 0. The van der Waals surface area contributed by atoms with E-state index in [1.165, 1.54) is 65.3 Å². The third-order valence-corrected chi connectivity index (χ3v) is 7.72. The van der Waals surface area contributed by atoms with Gasteiger partial charge in [-0.05, 0) is 78.2 Å². The molecule has 0 bridgehead atoms. The van der Waals surface area contributed by atoms with Gasteiger partial charge in [0.25, 0.3) is 0 Å². The molecule has 0 unspecified atom stereocenters. The van der Waals surface area contributed by atoms with Crippen LogP contribution in [-0.4, -0.2) is 7.11 Å². The zero-order valence-corrected chi connectivity index (χ0v) is 19.1. The van der Waals surface area contributed by atoms with Crippen LogP contribution in [0.5, 0.6) is 5.75 Å². The molecule has 33 heavy (non-hydrogen) atoms. The largest absolute Gasteiger partial charge is 0.496 e. The Labute approximate surface area is 193 Å². The van der Waals surface area contributed by atoms with Gasteiger partial charge in [0.2, 0.25) is 0 Å². The summed E-state index contributed by atoms with van der Waals surface area (Å²) in [4.78, 5) is 0. The second kappa shape index (κ2) is 6.36. The van der Waals surface area contributed by atoms with Gasteiger partial charge in [-0.15, -0.1) is 0 Å². The number of fused-ring (bicyclic) bond motifs is 11. The lowest BCUT2D eigenvalue weighted by Crippen LogP contribution is -2.15. The highest BCUT2D eigenvalue weighted by Crippen LogP contribution is 2.55. The molecule has 0 N–H and O–H groups in total. The maximum Gasteiger partial charge on any atom is 0.127 e. The van der Waals surface area contributed by atoms with Crippen molar-refractivity contribution >= 4 is 43.1 Å². The molecule has 0 aliphatic heterocycles. The summed E-state index contributed by atoms with van der Waals surface area (Å²) < 4.78 is 5.84. The van der Waals surface area contributed by atoms with Crippen LogP contribution < -0.4 is 4.74 Å². The summed E-state index contributed by atoms with van der Waals surface area (Å²) in [5.74, 6) is 0.950. The Balaban J connectivity index is 1.71. The van der Waals surface area contributed by atoms with Crippen LogP contribution in [0.1, 0.15) is 25.0 Å². The molecule has 0 aromatic heterocycles. The van der Waals surface area contributed by atoms with E-state index >= 15 is 0 Å². The highest BCUT2D eigenvalue weighted by molar-refractivity contribution is 6.26. The Morgan fingerprint density at radius 1 is 0.515 bits per heavy atom. The third-order valence-electron chi connectivity index (χ3n) is 7.72. The fourth-order valence-electron chi connectivity index (χ4n) is 6.11. The Morgan fingerprint density at radius 2 is 1.00 bits per heavy atom. The predicted molar refractivity (Wildman–Crippen MR) is 141 cm³/mol. The Hall–Kier alpha value is -3.84. The van der Waals surface area contributed by atoms with Gasteiger partial charge in [-0.3, -0.25) is 0 Å². The SMILES string of the molecule is COc1cc2c(c3ccccc13)-c1cc3c4ccccc4c4ccccc4c3cc1C2(C)C. The van der Waals surface area contributed by atoms with Gasteiger partial charge >= 0.3 is 0 Å². The first-order valence-corrected chi connectivity index (χ1v) is 11.6. The van der Waals surface area contributed by atoms with Crippen molar-refractivity contribution in [3.63, 3.8) is 0 Å². The molecule has 158 valence electrons. The first-order valence-electron chi connectivity index (χ1n) is 11.6. The van der Waals surface area contributed by atoms with Crippen molar-refractivity contribution in [2.24, 2.45) is 0 Å². The molecule has 0 saturated heterocycles. The van der Waals surface area contributed by atoms with Crippen LogP contribution in [0.4, 0.5) is 0 Å². The first-order chi connectivity index (χ1) is 16.1. The zero-order valence-electron chi connectivity index (χ0n) is 19.1. The van der Waals surface area contributed by atoms with Gasteiger partial charge in [0.05, 0.1) is 7.11 Å². The van der Waals surface area contributed by atoms with Gasteiger partial charge in [-0.2, -0.15) is 0 Å². The summed E-state index contributed by atoms with van der Waals surface area (Å²) in [6.07, 6.45) is 0. The van der Waals surface area contributed by atoms with Crippen molar-refractivity contribution in [2.45, 2.75) is 19.3 Å². The van der Waals surface area contributed by atoms with Crippen LogP contribution >= 0.6 is 0 Å². The normalized spacial score (nSPS) is 14.2. The molecule has 0 amide bonds. The minimum absolute atomic E-state index is 0.108. The van der Waals surface area contributed by atoms with Crippen molar-refractivity contribution in [3.8, 4) is 16.9 Å². The molecule has 0 atom stereocenters. The van der Waals surface area contributed by atoms with Crippen molar-refractivity contribution in [3.05, 3.63) is 102 Å². The summed E-state index contributed by atoms with van der Waals surface area (Å²) in [5.41, 5.74) is 5.33. The van der Waals surface area contributed by atoms with Crippen LogP contribution in [0.25, 0.3) is 54.2 Å². The van der Waals surface area contributed by atoms with Crippen LogP contribution in [0.2, 0.25) is 0 Å². The number of hydrogen-bond donors (Lipinski definition) is 0. The van der Waals surface area contributed by atoms with E-state index in [9.17, 15) is 0 Å². The number of rotatable bonds is 1. The van der Waals surface area contributed by atoms with E-state index in [4.69, 9.17) is 4.74 Å². The van der Waals surface area contributed by atoms with Crippen LogP contribution in [-0.2, 0) is 5.41 Å². The van der Waals surface area contributed by atoms with Gasteiger partial charge in [0, 0.05) is 10.8 Å². The standard InChI is InChI=1S/C32H24O/c1-32(2)28-17-26-22-13-7-5-11-20(22)19-10-4-6-12-21(19)25(26)16-27(28)31-24-15-9-8-14-23(24)30(33-3)18-29(31)32/h4-18H,1-3H3. The topological polar surface area (TPSA) is 9.23 Å². The van der Waals surface area contributed by atoms with Gasteiger partial charge in [-0.1, -0.05) is 86.6 Å². The van der Waals surface area contributed by atoms with Gasteiger partial charge in [-0.25, -0.2) is 0 Å². The second-order valence-electron chi connectivity index (χ2n) is 9.71. The molecule has 0 heterocycles. The van der Waals surface area contributed by atoms with Crippen LogP contribution in [0.15, 0.2) is 91.0 Å². The van der Waals surface area contributed by atoms with Gasteiger partial charge in [0.1, 0.15) is 5.75 Å². The fourth-order valence-corrected chi connectivity index (χ4v) is 6.11. The number of hydrogen-bond acceptors (Lipinski definition) is 1. The van der Waals surface area contributed by atoms with Crippen molar-refractivity contribution in [1.82, 2.24) is 0 Å². The summed E-state index contributed by atoms with van der Waals surface area (Å²) in [6, 6.07) is 33.5. The molecular weight excluding hydrogens is 400 g/mol. The van der Waals surface area contributed by atoms with E-state index in [1.807, 2.05) is 0 Å². The van der Waals surface area contributed by atoms with E-state index in [0.29, 0.717) is 0 Å². The Kier molecular flexibility index (Phi) is 3.60. The summed E-state index contributed by atoms with van der Waals surface area (Å²) in [6.45, 7) is 4.70. The van der Waals surface area contributed by atoms with Crippen molar-refractivity contribution < 1.29 is 4.74 Å². The van der Waals surface area contributed by atoms with E-state index in [1.54, 1.807) is 7.11 Å². The van der Waals surface area contributed by atoms with Crippen molar-refractivity contribution in [1.29, 1.82) is 0 Å². The van der Waals surface area contributed by atoms with Crippen LogP contribution in [0.3, 0.4) is 0 Å². The van der Waals surface area contributed by atoms with E-state index in [2.05, 4.69) is 105 Å². The molecule has 0 radical (unpaired) electrons. The molecule has 7 rings (SSSR count). The molecule has 6 aromatic rings. The second-order valence-corrected chi connectivity index (χ2v) is 9.71. The smallest absolute Gasteiger partial charge is 0.127 e. The monoisotopic (exact) mass is 424 g/mol. The van der Waals surface area contributed by atoms with E-state index in [-0.39, 0.29) is 5.41 Å². The minimum atomic E-state index is -0.108. The fraction of sp³-hybridized carbons (Fsp3) is 0.125. The third kappa shape index (κ3) is 2.32. The van der Waals surface area contributed by atoms with E-state index in [0.717, 1.165) is 5.75 Å². The molecular formula is C32H24O. The number of ether oxygens (including phenoxy) is 1. The molecule has 1 nitrogen and oxygen atoms in total. The predicted octanol–water partition coefficient (Wildman–Crippen LogP) is 8.61. The Morgan fingerprint density at radius 3 is 1.58 bits per heavy atom. The maximum atomic E-state index is 5.84. The number of benzene rings is 6. The molecule has 0 fully saturated rings. The molecule has 1 heteroatoms. The lowest BCUT2D eigenvalue weighted by atomic mass is 9.81. The minimum Gasteiger partial charge on any atom is -0.496 e. The quantitative estimate of drug-likeness (QED) is 0.240. The molecule has 1 aliphatic rings. The summed E-state index contributed by atoms with van der Waals surface area (Å²) in [5, 5.41) is 10.4. The van der Waals surface area contributed by atoms with E-state index < -0.39 is 0 Å². The first kappa shape index (κ1) is 18.7.